The molecular formula is C24H33N5O3. The fourth-order valence-electron chi connectivity index (χ4n) is 4.21. The van der Waals surface area contributed by atoms with Crippen molar-refractivity contribution in [2.45, 2.75) is 71.1 Å². The highest BCUT2D eigenvalue weighted by Crippen LogP contribution is 2.33. The van der Waals surface area contributed by atoms with Gasteiger partial charge >= 0.3 is 6.09 Å². The molecule has 4 rings (SSSR count). The van der Waals surface area contributed by atoms with Crippen LogP contribution in [0.25, 0.3) is 10.9 Å². The van der Waals surface area contributed by atoms with Gasteiger partial charge in [0.15, 0.2) is 5.82 Å². The van der Waals surface area contributed by atoms with Crippen LogP contribution in [0.1, 0.15) is 70.7 Å². The Labute approximate surface area is 188 Å². The SMILES string of the molecule is CC(C)(C)OC(=O)NC(C)(C)c1noc(CN2CCC(c3c[nH]c4ccccc34)CC2)n1. The van der Waals surface area contributed by atoms with Gasteiger partial charge in [-0.25, -0.2) is 4.79 Å². The van der Waals surface area contributed by atoms with E-state index in [1.807, 2.05) is 34.6 Å². The molecule has 32 heavy (non-hydrogen) atoms. The molecule has 3 heterocycles. The van der Waals surface area contributed by atoms with Crippen molar-refractivity contribution in [2.24, 2.45) is 0 Å². The van der Waals surface area contributed by atoms with E-state index >= 15 is 0 Å². The van der Waals surface area contributed by atoms with Crippen LogP contribution in [-0.4, -0.2) is 44.8 Å². The maximum absolute atomic E-state index is 12.2. The van der Waals surface area contributed by atoms with Crippen LogP contribution in [0.15, 0.2) is 35.0 Å². The van der Waals surface area contributed by atoms with Crippen molar-refractivity contribution >= 4 is 17.0 Å². The first kappa shape index (κ1) is 22.3. The number of aromatic amines is 1. The molecule has 8 heteroatoms. The van der Waals surface area contributed by atoms with Crippen molar-refractivity contribution in [1.29, 1.82) is 0 Å². The maximum Gasteiger partial charge on any atom is 0.408 e. The summed E-state index contributed by atoms with van der Waals surface area (Å²) in [6.45, 7) is 11.7. The van der Waals surface area contributed by atoms with E-state index in [1.165, 1.54) is 16.5 Å². The lowest BCUT2D eigenvalue weighted by atomic mass is 9.89. The summed E-state index contributed by atoms with van der Waals surface area (Å²) in [4.78, 5) is 22.4. The van der Waals surface area contributed by atoms with Gasteiger partial charge in [0.2, 0.25) is 5.89 Å². The summed E-state index contributed by atoms with van der Waals surface area (Å²) in [5.74, 6) is 1.55. The number of aromatic nitrogens is 3. The Hall–Kier alpha value is -2.87. The Bertz CT molecular complexity index is 1070. The molecule has 1 aliphatic rings. The second-order valence-corrected chi connectivity index (χ2v) is 10.1. The van der Waals surface area contributed by atoms with Gasteiger partial charge in [0.25, 0.3) is 0 Å². The standard InChI is InChI=1S/C24H33N5O3/c1-23(2,3)31-22(30)27-24(4,5)21-26-20(32-28-21)15-29-12-10-16(11-13-29)18-14-25-19-9-7-6-8-17(18)19/h6-9,14,16,25H,10-13,15H2,1-5H3,(H,27,30). The van der Waals surface area contributed by atoms with E-state index in [0.29, 0.717) is 24.2 Å². The Morgan fingerprint density at radius 3 is 2.66 bits per heavy atom. The third-order valence-corrected chi connectivity index (χ3v) is 5.85. The summed E-state index contributed by atoms with van der Waals surface area (Å²) in [6.07, 6.45) is 3.84. The molecule has 172 valence electrons. The molecule has 2 N–H and O–H groups in total. The molecule has 3 aromatic rings. The van der Waals surface area contributed by atoms with Gasteiger partial charge in [0, 0.05) is 17.1 Å². The lowest BCUT2D eigenvalue weighted by Gasteiger charge is -2.30. The van der Waals surface area contributed by atoms with Crippen LogP contribution >= 0.6 is 0 Å². The third kappa shape index (κ3) is 5.12. The average molecular weight is 440 g/mol. The van der Waals surface area contributed by atoms with Crippen molar-refractivity contribution in [1.82, 2.24) is 25.3 Å². The van der Waals surface area contributed by atoms with E-state index in [0.717, 1.165) is 25.9 Å². The number of hydrogen-bond acceptors (Lipinski definition) is 6. The molecule has 1 aromatic carbocycles. The Morgan fingerprint density at radius 2 is 1.94 bits per heavy atom. The topological polar surface area (TPSA) is 96.3 Å². The summed E-state index contributed by atoms with van der Waals surface area (Å²) in [5, 5.41) is 8.25. The number of likely N-dealkylation sites (tertiary alicyclic amines) is 1. The van der Waals surface area contributed by atoms with Crippen LogP contribution in [0.2, 0.25) is 0 Å². The predicted octanol–water partition coefficient (Wildman–Crippen LogP) is 4.69. The van der Waals surface area contributed by atoms with Crippen LogP contribution in [-0.2, 0) is 16.8 Å². The van der Waals surface area contributed by atoms with E-state index in [2.05, 4.69) is 55.8 Å². The molecule has 0 spiro atoms. The highest BCUT2D eigenvalue weighted by molar-refractivity contribution is 5.83. The summed E-state index contributed by atoms with van der Waals surface area (Å²) >= 11 is 0. The Kier molecular flexibility index (Phi) is 5.99. The number of para-hydroxylation sites is 1. The lowest BCUT2D eigenvalue weighted by molar-refractivity contribution is 0.0465. The molecular weight excluding hydrogens is 406 g/mol. The summed E-state index contributed by atoms with van der Waals surface area (Å²) in [7, 11) is 0. The Morgan fingerprint density at radius 1 is 1.22 bits per heavy atom. The number of rotatable bonds is 5. The average Bonchev–Trinajstić information content (AvgIpc) is 3.34. The molecule has 2 aromatic heterocycles. The number of nitrogens with zero attached hydrogens (tertiary/aromatic N) is 3. The third-order valence-electron chi connectivity index (χ3n) is 5.85. The first-order valence-electron chi connectivity index (χ1n) is 11.2. The largest absolute Gasteiger partial charge is 0.444 e. The number of nitrogens with one attached hydrogen (secondary N) is 2. The van der Waals surface area contributed by atoms with E-state index in [4.69, 9.17) is 9.26 Å². The molecule has 0 bridgehead atoms. The number of benzene rings is 1. The molecule has 1 aliphatic heterocycles. The van der Waals surface area contributed by atoms with E-state index in [9.17, 15) is 4.79 Å². The smallest absolute Gasteiger partial charge is 0.408 e. The molecule has 0 radical (unpaired) electrons. The highest BCUT2D eigenvalue weighted by atomic mass is 16.6. The number of piperidine rings is 1. The van der Waals surface area contributed by atoms with Gasteiger partial charge in [-0.3, -0.25) is 4.90 Å². The van der Waals surface area contributed by atoms with Crippen molar-refractivity contribution in [3.05, 3.63) is 47.7 Å². The monoisotopic (exact) mass is 439 g/mol. The molecule has 0 aliphatic carbocycles. The Balaban J connectivity index is 1.33. The minimum Gasteiger partial charge on any atom is -0.444 e. The van der Waals surface area contributed by atoms with Crippen LogP contribution in [0, 0.1) is 0 Å². The van der Waals surface area contributed by atoms with Crippen molar-refractivity contribution < 1.29 is 14.1 Å². The molecule has 0 saturated carbocycles. The first-order valence-corrected chi connectivity index (χ1v) is 11.2. The van der Waals surface area contributed by atoms with Crippen molar-refractivity contribution in [2.75, 3.05) is 13.1 Å². The predicted molar refractivity (Wildman–Crippen MR) is 122 cm³/mol. The zero-order chi connectivity index (χ0) is 22.9. The van der Waals surface area contributed by atoms with Crippen molar-refractivity contribution in [3.8, 4) is 0 Å². The number of alkyl carbamates (subject to hydrolysis) is 1. The van der Waals surface area contributed by atoms with E-state index in [1.54, 1.807) is 0 Å². The normalized spacial score (nSPS) is 16.4. The molecule has 1 fully saturated rings. The van der Waals surface area contributed by atoms with Crippen molar-refractivity contribution in [3.63, 3.8) is 0 Å². The number of fused-ring (bicyclic) bond motifs is 1. The molecule has 0 unspecified atom stereocenters. The van der Waals surface area contributed by atoms with Gasteiger partial charge in [0.05, 0.1) is 6.54 Å². The number of ether oxygens (including phenoxy) is 1. The van der Waals surface area contributed by atoms with Gasteiger partial charge < -0.3 is 19.6 Å². The van der Waals surface area contributed by atoms with Gasteiger partial charge in [-0.15, -0.1) is 0 Å². The number of hydrogen-bond donors (Lipinski definition) is 2. The minimum absolute atomic E-state index is 0.437. The zero-order valence-corrected chi connectivity index (χ0v) is 19.6. The highest BCUT2D eigenvalue weighted by Gasteiger charge is 2.31. The van der Waals surface area contributed by atoms with Crippen LogP contribution in [0.5, 0.6) is 0 Å². The van der Waals surface area contributed by atoms with Gasteiger partial charge in [0.1, 0.15) is 11.1 Å². The van der Waals surface area contributed by atoms with Crippen LogP contribution < -0.4 is 5.32 Å². The number of H-pyrrole nitrogens is 1. The van der Waals surface area contributed by atoms with Gasteiger partial charge in [-0.2, -0.15) is 4.98 Å². The quantitative estimate of drug-likeness (QED) is 0.599. The summed E-state index contributed by atoms with van der Waals surface area (Å²) in [6, 6.07) is 8.48. The van der Waals surface area contributed by atoms with Crippen LogP contribution in [0.4, 0.5) is 4.79 Å². The van der Waals surface area contributed by atoms with E-state index in [-0.39, 0.29) is 0 Å². The first-order chi connectivity index (χ1) is 15.1. The second-order valence-electron chi connectivity index (χ2n) is 10.1. The molecule has 8 nitrogen and oxygen atoms in total. The number of carbonyl (C=O) groups is 1. The fourth-order valence-corrected chi connectivity index (χ4v) is 4.21. The maximum atomic E-state index is 12.2. The number of amides is 1. The van der Waals surface area contributed by atoms with E-state index < -0.39 is 17.2 Å². The zero-order valence-electron chi connectivity index (χ0n) is 19.6. The fraction of sp³-hybridized carbons (Fsp3) is 0.542. The van der Waals surface area contributed by atoms with Gasteiger partial charge in [-0.1, -0.05) is 23.4 Å². The summed E-state index contributed by atoms with van der Waals surface area (Å²) in [5.41, 5.74) is 1.24. The van der Waals surface area contributed by atoms with Crippen LogP contribution in [0.3, 0.4) is 0 Å². The summed E-state index contributed by atoms with van der Waals surface area (Å²) < 4.78 is 10.8. The van der Waals surface area contributed by atoms with Gasteiger partial charge in [-0.05, 0) is 78.1 Å². The molecule has 1 amide bonds. The minimum atomic E-state index is -0.799. The second kappa shape index (κ2) is 8.58. The number of carbonyl (C=O) groups excluding carboxylic acids is 1. The molecule has 1 saturated heterocycles. The molecule has 0 atom stereocenters. The lowest BCUT2D eigenvalue weighted by Crippen LogP contribution is -2.44.